The number of alkyl halides is 3. The maximum atomic E-state index is 11.7. The van der Waals surface area contributed by atoms with Gasteiger partial charge in [-0.3, -0.25) is 9.59 Å². The van der Waals surface area contributed by atoms with Crippen LogP contribution in [-0.2, 0) is 9.59 Å². The fourth-order valence-electron chi connectivity index (χ4n) is 0.406. The van der Waals surface area contributed by atoms with Gasteiger partial charge in [0, 0.05) is 0 Å². The molecule has 0 fully saturated rings. The number of rotatable bonds is 2. The first-order valence-corrected chi connectivity index (χ1v) is 2.80. The maximum absolute atomic E-state index is 11.7. The molecule has 0 unspecified atom stereocenters. The molecule has 0 aliphatic rings. The summed E-state index contributed by atoms with van der Waals surface area (Å²) in [7, 11) is 0. The molecule has 0 rings (SSSR count). The molecule has 1 atom stereocenters. The van der Waals surface area contributed by atoms with Crippen molar-refractivity contribution in [3.63, 3.8) is 0 Å². The van der Waals surface area contributed by atoms with Crippen LogP contribution in [0.2, 0.25) is 0 Å². The number of nitrogens with two attached hydrogens (primary N) is 2. The molecule has 0 saturated carbocycles. The molecule has 4 nitrogen and oxygen atoms in total. The Hall–Kier alpha value is -0.820. The number of carbonyl (C=O) groups excluding carboxylic acids is 2. The number of halogens is 4. The molecule has 1 amide bonds. The van der Waals surface area contributed by atoms with Crippen molar-refractivity contribution in [2.24, 2.45) is 11.5 Å². The van der Waals surface area contributed by atoms with E-state index in [0.717, 1.165) is 0 Å². The molecule has 0 bridgehead atoms. The summed E-state index contributed by atoms with van der Waals surface area (Å²) in [6.07, 6.45) is -5.14. The molecule has 78 valence electrons. The molecular weight excluding hydrogens is 213 g/mol. The van der Waals surface area contributed by atoms with Gasteiger partial charge in [-0.2, -0.15) is 13.2 Å². The van der Waals surface area contributed by atoms with Crippen molar-refractivity contribution in [1.29, 1.82) is 0 Å². The van der Waals surface area contributed by atoms with Gasteiger partial charge in [0.1, 0.15) is 0 Å². The molecule has 0 radical (unpaired) electrons. The highest BCUT2D eigenvalue weighted by molar-refractivity contribution is 6.11. The van der Waals surface area contributed by atoms with E-state index in [1.165, 1.54) is 0 Å². The fraction of sp³-hybridized carbons (Fsp3) is 0.600. The zero-order valence-corrected chi connectivity index (χ0v) is 7.33. The van der Waals surface area contributed by atoms with Gasteiger partial charge in [0.05, 0.1) is 0 Å². The lowest BCUT2D eigenvalue weighted by Crippen LogP contribution is -2.59. The predicted molar refractivity (Wildman–Crippen MR) is 40.1 cm³/mol. The van der Waals surface area contributed by atoms with Crippen LogP contribution in [0.3, 0.4) is 0 Å². The van der Waals surface area contributed by atoms with Crippen LogP contribution in [0.4, 0.5) is 13.2 Å². The molecule has 13 heavy (non-hydrogen) atoms. The Bertz CT molecular complexity index is 226. The Morgan fingerprint density at radius 3 is 1.62 bits per heavy atom. The highest BCUT2D eigenvalue weighted by Gasteiger charge is 2.51. The second-order valence-electron chi connectivity index (χ2n) is 2.39. The molecule has 0 saturated heterocycles. The minimum Gasteiger partial charge on any atom is -0.368 e. The third-order valence-electron chi connectivity index (χ3n) is 1.24. The quantitative estimate of drug-likeness (QED) is 0.629. The summed E-state index contributed by atoms with van der Waals surface area (Å²) in [6.45, 7) is 0.616. The van der Waals surface area contributed by atoms with Crippen molar-refractivity contribution in [1.82, 2.24) is 0 Å². The minimum atomic E-state index is -5.14. The third kappa shape index (κ3) is 3.19. The van der Waals surface area contributed by atoms with E-state index in [4.69, 9.17) is 5.73 Å². The molecule has 0 aliphatic heterocycles. The van der Waals surface area contributed by atoms with E-state index in [9.17, 15) is 22.8 Å². The van der Waals surface area contributed by atoms with Gasteiger partial charge in [-0.15, -0.1) is 12.4 Å². The van der Waals surface area contributed by atoms with Gasteiger partial charge in [-0.1, -0.05) is 0 Å². The van der Waals surface area contributed by atoms with Crippen LogP contribution in [0.5, 0.6) is 0 Å². The molecule has 0 aromatic carbocycles. The van der Waals surface area contributed by atoms with Gasteiger partial charge in [0.25, 0.3) is 5.78 Å². The summed E-state index contributed by atoms with van der Waals surface area (Å²) in [5.41, 5.74) is 6.55. The molecular formula is C5H8ClF3N2O2. The fourth-order valence-corrected chi connectivity index (χ4v) is 0.406. The average molecular weight is 221 g/mol. The van der Waals surface area contributed by atoms with E-state index in [1.807, 2.05) is 0 Å². The lowest BCUT2D eigenvalue weighted by molar-refractivity contribution is -0.177. The molecule has 0 spiro atoms. The summed E-state index contributed by atoms with van der Waals surface area (Å²) in [5.74, 6) is -3.85. The first-order valence-electron chi connectivity index (χ1n) is 2.80. The summed E-state index contributed by atoms with van der Waals surface area (Å²) >= 11 is 0. The van der Waals surface area contributed by atoms with Crippen molar-refractivity contribution in [3.8, 4) is 0 Å². The van der Waals surface area contributed by atoms with Gasteiger partial charge in [0.2, 0.25) is 5.91 Å². The van der Waals surface area contributed by atoms with Crippen LogP contribution in [-0.4, -0.2) is 23.4 Å². The average Bonchev–Trinajstić information content (AvgIpc) is 1.83. The summed E-state index contributed by atoms with van der Waals surface area (Å²) in [6, 6.07) is 0. The van der Waals surface area contributed by atoms with Crippen LogP contribution < -0.4 is 11.5 Å². The number of primary amides is 1. The maximum Gasteiger partial charge on any atom is 0.452 e. The number of amides is 1. The smallest absolute Gasteiger partial charge is 0.368 e. The van der Waals surface area contributed by atoms with Crippen molar-refractivity contribution in [3.05, 3.63) is 0 Å². The van der Waals surface area contributed by atoms with Gasteiger partial charge < -0.3 is 11.5 Å². The molecule has 0 heterocycles. The van der Waals surface area contributed by atoms with Crippen LogP contribution in [0.25, 0.3) is 0 Å². The van der Waals surface area contributed by atoms with Crippen LogP contribution in [0.1, 0.15) is 6.92 Å². The Labute approximate surface area is 77.9 Å². The SMILES string of the molecule is C[C@@](N)(C(N)=O)C(=O)C(F)(F)F.Cl. The van der Waals surface area contributed by atoms with Crippen LogP contribution >= 0.6 is 12.4 Å². The first kappa shape index (κ1) is 14.7. The van der Waals surface area contributed by atoms with E-state index in [1.54, 1.807) is 0 Å². The van der Waals surface area contributed by atoms with Crippen molar-refractivity contribution in [2.75, 3.05) is 0 Å². The van der Waals surface area contributed by atoms with E-state index in [0.29, 0.717) is 6.92 Å². The molecule has 0 aromatic heterocycles. The molecule has 4 N–H and O–H groups in total. The highest BCUT2D eigenvalue weighted by atomic mass is 35.5. The number of carbonyl (C=O) groups is 2. The second-order valence-corrected chi connectivity index (χ2v) is 2.39. The van der Waals surface area contributed by atoms with Crippen molar-refractivity contribution in [2.45, 2.75) is 18.6 Å². The summed E-state index contributed by atoms with van der Waals surface area (Å²) < 4.78 is 35.0. The zero-order chi connectivity index (χ0) is 10.2. The second kappa shape index (κ2) is 3.93. The number of hydrogen-bond acceptors (Lipinski definition) is 3. The van der Waals surface area contributed by atoms with E-state index in [2.05, 4.69) is 5.73 Å². The van der Waals surface area contributed by atoms with Gasteiger partial charge in [0.15, 0.2) is 5.54 Å². The Kier molecular flexibility index (Phi) is 4.44. The van der Waals surface area contributed by atoms with Crippen molar-refractivity contribution < 1.29 is 22.8 Å². The zero-order valence-electron chi connectivity index (χ0n) is 6.51. The third-order valence-corrected chi connectivity index (χ3v) is 1.24. The molecule has 0 aromatic rings. The standard InChI is InChI=1S/C5H7F3N2O2.ClH/c1-4(10,3(9)12)2(11)5(6,7)8;/h10H2,1H3,(H2,9,12);1H/t4-;/m0./s1. The highest BCUT2D eigenvalue weighted by Crippen LogP contribution is 2.21. The monoisotopic (exact) mass is 220 g/mol. The lowest BCUT2D eigenvalue weighted by atomic mass is 9.97. The number of hydrogen-bond donors (Lipinski definition) is 2. The van der Waals surface area contributed by atoms with Crippen LogP contribution in [0.15, 0.2) is 0 Å². The Balaban J connectivity index is 0. The Morgan fingerprint density at radius 1 is 1.23 bits per heavy atom. The topological polar surface area (TPSA) is 86.2 Å². The number of ketones is 1. The minimum absolute atomic E-state index is 0. The largest absolute Gasteiger partial charge is 0.452 e. The van der Waals surface area contributed by atoms with Gasteiger partial charge in [-0.25, -0.2) is 0 Å². The normalized spacial score (nSPS) is 15.5. The predicted octanol–water partition coefficient (Wildman–Crippen LogP) is -0.258. The van der Waals surface area contributed by atoms with E-state index < -0.39 is 23.4 Å². The van der Waals surface area contributed by atoms with Gasteiger partial charge in [-0.05, 0) is 6.92 Å². The summed E-state index contributed by atoms with van der Waals surface area (Å²) in [4.78, 5) is 20.7. The van der Waals surface area contributed by atoms with Crippen molar-refractivity contribution >= 4 is 24.1 Å². The van der Waals surface area contributed by atoms with E-state index in [-0.39, 0.29) is 12.4 Å². The first-order chi connectivity index (χ1) is 5.10. The number of Topliss-reactive ketones (excluding diaryl/α,β-unsaturated/α-hetero) is 1. The molecule has 8 heteroatoms. The summed E-state index contributed by atoms with van der Waals surface area (Å²) in [5, 5.41) is 0. The molecule has 0 aliphatic carbocycles. The van der Waals surface area contributed by atoms with E-state index >= 15 is 0 Å². The Morgan fingerprint density at radius 2 is 1.54 bits per heavy atom. The van der Waals surface area contributed by atoms with Crippen LogP contribution in [0, 0.1) is 0 Å². The van der Waals surface area contributed by atoms with Gasteiger partial charge >= 0.3 is 6.18 Å². The lowest BCUT2D eigenvalue weighted by Gasteiger charge is -2.19.